The number of aliphatic hydroxyl groups is 1. The average Bonchev–Trinajstić information content (AvgIpc) is 2.97. The highest BCUT2D eigenvalue weighted by Crippen LogP contribution is 2.23. The maximum atomic E-state index is 9.21. The van der Waals surface area contributed by atoms with Gasteiger partial charge in [-0.15, -0.1) is 10.2 Å². The molecule has 1 N–H and O–H groups in total. The summed E-state index contributed by atoms with van der Waals surface area (Å²) in [6.45, 7) is 4.05. The van der Waals surface area contributed by atoms with Crippen LogP contribution in [0.1, 0.15) is 43.4 Å². The van der Waals surface area contributed by atoms with Crippen LogP contribution in [0.15, 0.2) is 12.4 Å². The number of aliphatic hydroxyl groups excluding tert-OH is 1. The van der Waals surface area contributed by atoms with Crippen molar-refractivity contribution in [1.29, 1.82) is 0 Å². The van der Waals surface area contributed by atoms with Crippen molar-refractivity contribution in [3.63, 3.8) is 0 Å². The van der Waals surface area contributed by atoms with Crippen molar-refractivity contribution in [3.05, 3.63) is 29.6 Å². The minimum atomic E-state index is -0.0622. The van der Waals surface area contributed by atoms with Gasteiger partial charge in [0, 0.05) is 39.0 Å². The highest BCUT2D eigenvalue weighted by molar-refractivity contribution is 5.30. The van der Waals surface area contributed by atoms with Crippen LogP contribution in [-0.2, 0) is 26.5 Å². The molecule has 130 valence electrons. The van der Waals surface area contributed by atoms with Crippen LogP contribution in [0.25, 0.3) is 0 Å². The van der Waals surface area contributed by atoms with E-state index in [9.17, 15) is 5.11 Å². The van der Waals surface area contributed by atoms with Gasteiger partial charge in [-0.25, -0.2) is 9.97 Å². The van der Waals surface area contributed by atoms with Crippen LogP contribution in [-0.4, -0.2) is 42.9 Å². The molecule has 0 spiro atoms. The molecule has 7 heteroatoms. The average molecular weight is 330 g/mol. The van der Waals surface area contributed by atoms with Gasteiger partial charge in [-0.2, -0.15) is 0 Å². The maximum Gasteiger partial charge on any atom is 0.225 e. The van der Waals surface area contributed by atoms with E-state index in [1.165, 1.54) is 5.56 Å². The Balaban J connectivity index is 1.54. The van der Waals surface area contributed by atoms with E-state index in [1.807, 2.05) is 24.0 Å². The summed E-state index contributed by atoms with van der Waals surface area (Å²) in [6, 6.07) is 0. The number of hydrogen-bond donors (Lipinski definition) is 1. The quantitative estimate of drug-likeness (QED) is 0.865. The lowest BCUT2D eigenvalue weighted by Gasteiger charge is -2.31. The number of anilines is 1. The fourth-order valence-corrected chi connectivity index (χ4v) is 3.24. The lowest BCUT2D eigenvalue weighted by atomic mass is 9.93. The van der Waals surface area contributed by atoms with Crippen molar-refractivity contribution < 1.29 is 5.11 Å². The van der Waals surface area contributed by atoms with Crippen molar-refractivity contribution in [2.75, 3.05) is 18.0 Å². The first-order chi connectivity index (χ1) is 11.7. The van der Waals surface area contributed by atoms with Crippen LogP contribution >= 0.6 is 0 Å². The minimum Gasteiger partial charge on any atom is -0.388 e. The van der Waals surface area contributed by atoms with E-state index in [0.29, 0.717) is 11.7 Å². The normalized spacial score (nSPS) is 15.9. The first-order valence-corrected chi connectivity index (χ1v) is 8.75. The van der Waals surface area contributed by atoms with Gasteiger partial charge in [0.15, 0.2) is 5.82 Å². The van der Waals surface area contributed by atoms with Crippen molar-refractivity contribution in [1.82, 2.24) is 24.7 Å². The molecule has 1 aliphatic rings. The highest BCUT2D eigenvalue weighted by Gasteiger charge is 2.23. The van der Waals surface area contributed by atoms with E-state index in [0.717, 1.165) is 57.0 Å². The number of piperidine rings is 1. The third-order valence-electron chi connectivity index (χ3n) is 4.80. The molecular formula is C17H26N6O. The molecule has 2 aromatic heterocycles. The van der Waals surface area contributed by atoms with Gasteiger partial charge in [-0.3, -0.25) is 0 Å². The van der Waals surface area contributed by atoms with E-state index in [4.69, 9.17) is 0 Å². The summed E-state index contributed by atoms with van der Waals surface area (Å²) in [7, 11) is 1.92. The molecule has 0 amide bonds. The Labute approximate surface area is 142 Å². The number of rotatable bonds is 6. The summed E-state index contributed by atoms with van der Waals surface area (Å²) in [5.74, 6) is 3.02. The smallest absolute Gasteiger partial charge is 0.225 e. The number of hydrogen-bond acceptors (Lipinski definition) is 6. The molecule has 7 nitrogen and oxygen atoms in total. The van der Waals surface area contributed by atoms with Crippen LogP contribution in [0.4, 0.5) is 5.95 Å². The van der Waals surface area contributed by atoms with Gasteiger partial charge in [-0.1, -0.05) is 13.3 Å². The zero-order valence-corrected chi connectivity index (χ0v) is 14.5. The van der Waals surface area contributed by atoms with E-state index in [2.05, 4.69) is 32.0 Å². The Hall–Kier alpha value is -2.02. The fourth-order valence-electron chi connectivity index (χ4n) is 3.24. The molecule has 0 aromatic carbocycles. The van der Waals surface area contributed by atoms with Crippen LogP contribution in [0, 0.1) is 5.92 Å². The Morgan fingerprint density at radius 3 is 2.38 bits per heavy atom. The van der Waals surface area contributed by atoms with E-state index in [1.54, 1.807) is 0 Å². The largest absolute Gasteiger partial charge is 0.388 e. The summed E-state index contributed by atoms with van der Waals surface area (Å²) < 4.78 is 1.90. The van der Waals surface area contributed by atoms with Crippen molar-refractivity contribution in [3.8, 4) is 0 Å². The molecule has 3 rings (SSSR count). The molecule has 0 atom stereocenters. The van der Waals surface area contributed by atoms with Gasteiger partial charge in [0.05, 0.1) is 0 Å². The standard InChI is InChI=1S/C17H26N6O/c1-3-4-14-10-18-17(19-11-14)23-7-5-13(6-8-23)9-15-20-21-16(12-24)22(15)2/h10-11,13,24H,3-9,12H2,1-2H3. The molecule has 1 aliphatic heterocycles. The van der Waals surface area contributed by atoms with Crippen molar-refractivity contribution >= 4 is 5.95 Å². The maximum absolute atomic E-state index is 9.21. The Bertz CT molecular complexity index is 646. The zero-order chi connectivity index (χ0) is 16.9. The van der Waals surface area contributed by atoms with Gasteiger partial charge in [0.2, 0.25) is 5.95 Å². The highest BCUT2D eigenvalue weighted by atomic mass is 16.3. The second-order valence-corrected chi connectivity index (χ2v) is 6.53. The number of aromatic nitrogens is 5. The predicted molar refractivity (Wildman–Crippen MR) is 91.6 cm³/mol. The topological polar surface area (TPSA) is 80.0 Å². The lowest BCUT2D eigenvalue weighted by Crippen LogP contribution is -2.35. The molecule has 24 heavy (non-hydrogen) atoms. The predicted octanol–water partition coefficient (Wildman–Crippen LogP) is 1.51. The molecule has 3 heterocycles. The van der Waals surface area contributed by atoms with Crippen molar-refractivity contribution in [2.45, 2.75) is 45.6 Å². The molecule has 1 saturated heterocycles. The molecule has 0 aliphatic carbocycles. The second-order valence-electron chi connectivity index (χ2n) is 6.53. The fraction of sp³-hybridized carbons (Fsp3) is 0.647. The minimum absolute atomic E-state index is 0.0622. The summed E-state index contributed by atoms with van der Waals surface area (Å²) >= 11 is 0. The van der Waals surface area contributed by atoms with Crippen LogP contribution in [0.3, 0.4) is 0 Å². The SMILES string of the molecule is CCCc1cnc(N2CCC(Cc3nnc(CO)n3C)CC2)nc1. The number of nitrogens with zero attached hydrogens (tertiary/aromatic N) is 6. The second kappa shape index (κ2) is 7.70. The molecule has 1 fully saturated rings. The first kappa shape index (κ1) is 16.8. The summed E-state index contributed by atoms with van der Waals surface area (Å²) in [4.78, 5) is 11.3. The van der Waals surface area contributed by atoms with E-state index < -0.39 is 0 Å². The Morgan fingerprint density at radius 2 is 1.79 bits per heavy atom. The molecule has 0 unspecified atom stereocenters. The number of aryl methyl sites for hydroxylation is 1. The Kier molecular flexibility index (Phi) is 5.40. The third kappa shape index (κ3) is 3.72. The van der Waals surface area contributed by atoms with E-state index in [-0.39, 0.29) is 6.61 Å². The van der Waals surface area contributed by atoms with Gasteiger partial charge in [0.1, 0.15) is 12.4 Å². The molecule has 2 aromatic rings. The first-order valence-electron chi connectivity index (χ1n) is 8.75. The Morgan fingerprint density at radius 1 is 1.12 bits per heavy atom. The summed E-state index contributed by atoms with van der Waals surface area (Å²) in [5.41, 5.74) is 1.21. The monoisotopic (exact) mass is 330 g/mol. The van der Waals surface area contributed by atoms with Gasteiger partial charge >= 0.3 is 0 Å². The van der Waals surface area contributed by atoms with Crippen LogP contribution < -0.4 is 4.90 Å². The third-order valence-corrected chi connectivity index (χ3v) is 4.80. The van der Waals surface area contributed by atoms with Crippen molar-refractivity contribution in [2.24, 2.45) is 13.0 Å². The zero-order valence-electron chi connectivity index (χ0n) is 14.5. The van der Waals surface area contributed by atoms with Gasteiger partial charge in [-0.05, 0) is 30.7 Å². The van der Waals surface area contributed by atoms with Crippen LogP contribution in [0.2, 0.25) is 0 Å². The lowest BCUT2D eigenvalue weighted by molar-refractivity contribution is 0.266. The van der Waals surface area contributed by atoms with Gasteiger partial charge < -0.3 is 14.6 Å². The molecule has 0 bridgehead atoms. The van der Waals surface area contributed by atoms with Gasteiger partial charge in [0.25, 0.3) is 0 Å². The summed E-state index contributed by atoms with van der Waals surface area (Å²) in [5, 5.41) is 17.4. The molecular weight excluding hydrogens is 304 g/mol. The molecule has 0 radical (unpaired) electrons. The van der Waals surface area contributed by atoms with Crippen LogP contribution in [0.5, 0.6) is 0 Å². The summed E-state index contributed by atoms with van der Waals surface area (Å²) in [6.07, 6.45) is 9.17. The van der Waals surface area contributed by atoms with E-state index >= 15 is 0 Å². The molecule has 0 saturated carbocycles.